The maximum Gasteiger partial charge on any atom is 0.243 e. The highest BCUT2D eigenvalue weighted by Crippen LogP contribution is 2.08. The summed E-state index contributed by atoms with van der Waals surface area (Å²) < 4.78 is 0. The number of carbonyl (C=O) groups is 3. The summed E-state index contributed by atoms with van der Waals surface area (Å²) in [6.07, 6.45) is 1.56. The van der Waals surface area contributed by atoms with E-state index in [1.165, 1.54) is 0 Å². The molecule has 1 fully saturated rings. The van der Waals surface area contributed by atoms with Crippen LogP contribution in [0.3, 0.4) is 0 Å². The Balaban J connectivity index is 2.50. The van der Waals surface area contributed by atoms with Crippen LogP contribution in [0.4, 0.5) is 0 Å². The predicted molar refractivity (Wildman–Crippen MR) is 71.3 cm³/mol. The van der Waals surface area contributed by atoms with Gasteiger partial charge in [-0.25, -0.2) is 0 Å². The topological polar surface area (TPSA) is 87.3 Å². The molecule has 1 aliphatic rings. The Morgan fingerprint density at radius 3 is 2.63 bits per heavy atom. The number of nitrogens with one attached hydrogen (secondary N) is 3. The molecule has 0 aromatic carbocycles. The lowest BCUT2D eigenvalue weighted by atomic mass is 10.0. The van der Waals surface area contributed by atoms with Crippen molar-refractivity contribution in [3.63, 3.8) is 0 Å². The van der Waals surface area contributed by atoms with Crippen molar-refractivity contribution < 1.29 is 14.4 Å². The van der Waals surface area contributed by atoms with Gasteiger partial charge in [0.1, 0.15) is 0 Å². The van der Waals surface area contributed by atoms with E-state index in [2.05, 4.69) is 16.0 Å². The smallest absolute Gasteiger partial charge is 0.243 e. The van der Waals surface area contributed by atoms with E-state index in [-0.39, 0.29) is 23.3 Å². The number of carbonyl (C=O) groups excluding carboxylic acids is 3. The zero-order valence-corrected chi connectivity index (χ0v) is 12.0. The quantitative estimate of drug-likeness (QED) is 0.617. The summed E-state index contributed by atoms with van der Waals surface area (Å²) in [6, 6.07) is -0.960. The van der Waals surface area contributed by atoms with Crippen LogP contribution in [0.1, 0.15) is 47.0 Å². The van der Waals surface area contributed by atoms with E-state index in [1.807, 2.05) is 20.8 Å². The van der Waals surface area contributed by atoms with E-state index in [0.29, 0.717) is 12.8 Å². The number of hydrogen-bond acceptors (Lipinski definition) is 4. The molecule has 1 aliphatic heterocycles. The first-order valence-electron chi connectivity index (χ1n) is 6.67. The van der Waals surface area contributed by atoms with Gasteiger partial charge in [-0.1, -0.05) is 6.92 Å². The molecule has 0 saturated carbocycles. The van der Waals surface area contributed by atoms with Crippen molar-refractivity contribution >= 4 is 17.7 Å². The summed E-state index contributed by atoms with van der Waals surface area (Å²) in [7, 11) is 0. The molecule has 0 aromatic rings. The van der Waals surface area contributed by atoms with Crippen LogP contribution < -0.4 is 16.0 Å². The van der Waals surface area contributed by atoms with Crippen LogP contribution in [0.15, 0.2) is 0 Å². The van der Waals surface area contributed by atoms with E-state index < -0.39 is 12.1 Å². The van der Waals surface area contributed by atoms with Gasteiger partial charge < -0.3 is 5.32 Å². The van der Waals surface area contributed by atoms with Gasteiger partial charge in [0.2, 0.25) is 17.7 Å². The van der Waals surface area contributed by atoms with Gasteiger partial charge in [0.25, 0.3) is 0 Å². The van der Waals surface area contributed by atoms with Crippen molar-refractivity contribution in [2.75, 3.05) is 0 Å². The Kier molecular flexibility index (Phi) is 5.05. The number of amides is 3. The summed E-state index contributed by atoms with van der Waals surface area (Å²) in [5.74, 6) is -0.755. The van der Waals surface area contributed by atoms with Crippen molar-refractivity contribution in [1.82, 2.24) is 16.0 Å². The van der Waals surface area contributed by atoms with Crippen LogP contribution in [-0.2, 0) is 14.4 Å². The Morgan fingerprint density at radius 2 is 2.11 bits per heavy atom. The average molecular weight is 269 g/mol. The zero-order valence-electron chi connectivity index (χ0n) is 12.0. The minimum atomic E-state index is -0.483. The van der Waals surface area contributed by atoms with Gasteiger partial charge in [0, 0.05) is 12.0 Å². The van der Waals surface area contributed by atoms with Gasteiger partial charge in [0.15, 0.2) is 0 Å². The molecule has 1 rings (SSSR count). The largest absolute Gasteiger partial charge is 0.350 e. The van der Waals surface area contributed by atoms with Crippen LogP contribution in [0, 0.1) is 0 Å². The molecule has 3 amide bonds. The predicted octanol–water partition coefficient (Wildman–Crippen LogP) is 0.0745. The second kappa shape index (κ2) is 6.14. The highest BCUT2D eigenvalue weighted by molar-refractivity contribution is 6.00. The van der Waals surface area contributed by atoms with Crippen LogP contribution in [0.2, 0.25) is 0 Å². The molecule has 0 aromatic heterocycles. The molecule has 3 N–H and O–H groups in total. The molecule has 1 heterocycles. The third kappa shape index (κ3) is 4.63. The molecule has 6 nitrogen and oxygen atoms in total. The highest BCUT2D eigenvalue weighted by Gasteiger charge is 2.30. The van der Waals surface area contributed by atoms with Crippen LogP contribution >= 0.6 is 0 Å². The first-order valence-corrected chi connectivity index (χ1v) is 6.67. The first-order chi connectivity index (χ1) is 8.75. The third-order valence-electron chi connectivity index (χ3n) is 3.43. The van der Waals surface area contributed by atoms with Crippen molar-refractivity contribution in [3.05, 3.63) is 0 Å². The Morgan fingerprint density at radius 1 is 1.47 bits per heavy atom. The van der Waals surface area contributed by atoms with Crippen molar-refractivity contribution in [3.8, 4) is 0 Å². The van der Waals surface area contributed by atoms with Gasteiger partial charge in [-0.05, 0) is 33.6 Å². The second-order valence-electron chi connectivity index (χ2n) is 5.62. The molecule has 0 bridgehead atoms. The molecule has 2 atom stereocenters. The van der Waals surface area contributed by atoms with Gasteiger partial charge >= 0.3 is 0 Å². The standard InChI is InChI=1S/C13H23N3O3/c1-5-13(3,4)16-11(18)8(2)14-9-6-7-10(17)15-12(9)19/h8-9,14H,5-7H2,1-4H3,(H,16,18)(H,15,17,19). The molecule has 108 valence electrons. The maximum atomic E-state index is 12.0. The monoisotopic (exact) mass is 269 g/mol. The molecule has 1 saturated heterocycles. The van der Waals surface area contributed by atoms with Gasteiger partial charge in [0.05, 0.1) is 12.1 Å². The lowest BCUT2D eigenvalue weighted by molar-refractivity contribution is -0.135. The lowest BCUT2D eigenvalue weighted by Gasteiger charge is -2.29. The van der Waals surface area contributed by atoms with Crippen molar-refractivity contribution in [2.24, 2.45) is 0 Å². The summed E-state index contributed by atoms with van der Waals surface area (Å²) >= 11 is 0. The van der Waals surface area contributed by atoms with E-state index in [1.54, 1.807) is 6.92 Å². The molecule has 0 aliphatic carbocycles. The zero-order chi connectivity index (χ0) is 14.6. The molecular formula is C13H23N3O3. The SMILES string of the molecule is CCC(C)(C)NC(=O)C(C)NC1CCC(=O)NC1=O. The van der Waals surface area contributed by atoms with Crippen LogP contribution in [0.5, 0.6) is 0 Å². The van der Waals surface area contributed by atoms with E-state index >= 15 is 0 Å². The number of piperidine rings is 1. The third-order valence-corrected chi connectivity index (χ3v) is 3.43. The second-order valence-corrected chi connectivity index (χ2v) is 5.62. The molecule has 6 heteroatoms. The van der Waals surface area contributed by atoms with Gasteiger partial charge in [-0.3, -0.25) is 25.0 Å². The number of imide groups is 1. The van der Waals surface area contributed by atoms with Crippen molar-refractivity contribution in [2.45, 2.75) is 64.6 Å². The minimum absolute atomic E-state index is 0.142. The van der Waals surface area contributed by atoms with Crippen LogP contribution in [-0.4, -0.2) is 35.3 Å². The lowest BCUT2D eigenvalue weighted by Crippen LogP contribution is -2.57. The average Bonchev–Trinajstić information content (AvgIpc) is 2.32. The molecule has 0 spiro atoms. The van der Waals surface area contributed by atoms with E-state index in [0.717, 1.165) is 6.42 Å². The molecule has 2 unspecified atom stereocenters. The van der Waals surface area contributed by atoms with E-state index in [9.17, 15) is 14.4 Å². The Bertz CT molecular complexity index is 379. The highest BCUT2D eigenvalue weighted by atomic mass is 16.2. The summed E-state index contributed by atoms with van der Waals surface area (Å²) in [5, 5.41) is 8.14. The van der Waals surface area contributed by atoms with Crippen molar-refractivity contribution in [1.29, 1.82) is 0 Å². The number of rotatable bonds is 5. The van der Waals surface area contributed by atoms with Gasteiger partial charge in [-0.15, -0.1) is 0 Å². The minimum Gasteiger partial charge on any atom is -0.350 e. The van der Waals surface area contributed by atoms with E-state index in [4.69, 9.17) is 0 Å². The molecule has 0 radical (unpaired) electrons. The summed E-state index contributed by atoms with van der Waals surface area (Å²) in [5.41, 5.74) is -0.266. The molecular weight excluding hydrogens is 246 g/mol. The number of hydrogen-bond donors (Lipinski definition) is 3. The first kappa shape index (κ1) is 15.6. The Labute approximate surface area is 113 Å². The summed E-state index contributed by atoms with van der Waals surface area (Å²) in [4.78, 5) is 34.6. The molecule has 19 heavy (non-hydrogen) atoms. The van der Waals surface area contributed by atoms with Gasteiger partial charge in [-0.2, -0.15) is 0 Å². The fourth-order valence-electron chi connectivity index (χ4n) is 1.76. The Hall–Kier alpha value is -1.43. The maximum absolute atomic E-state index is 12.0. The normalized spacial score (nSPS) is 21.8. The summed E-state index contributed by atoms with van der Waals surface area (Å²) in [6.45, 7) is 7.61. The fraction of sp³-hybridized carbons (Fsp3) is 0.769. The van der Waals surface area contributed by atoms with Crippen LogP contribution in [0.25, 0.3) is 0 Å². The fourth-order valence-corrected chi connectivity index (χ4v) is 1.76.